The van der Waals surface area contributed by atoms with Crippen LogP contribution in [0.4, 0.5) is 0 Å². The van der Waals surface area contributed by atoms with Gasteiger partial charge in [0.15, 0.2) is 5.69 Å². The van der Waals surface area contributed by atoms with Gasteiger partial charge in [-0.1, -0.05) is 29.7 Å². The van der Waals surface area contributed by atoms with Crippen molar-refractivity contribution in [2.24, 2.45) is 0 Å². The predicted molar refractivity (Wildman–Crippen MR) is 79.6 cm³/mol. The van der Waals surface area contributed by atoms with E-state index < -0.39 is 0 Å². The molecule has 0 bridgehead atoms. The SMILES string of the molecule is [B]c1ccc(-c2ccc(C(=O)N3CCOCC3)nn2)cc1. The Morgan fingerprint density at radius 3 is 2.38 bits per heavy atom. The molecule has 0 atom stereocenters. The molecule has 2 radical (unpaired) electrons. The lowest BCUT2D eigenvalue weighted by Gasteiger charge is -2.26. The topological polar surface area (TPSA) is 55.3 Å². The minimum atomic E-state index is -0.102. The van der Waals surface area contributed by atoms with Crippen molar-refractivity contribution in [3.63, 3.8) is 0 Å². The van der Waals surface area contributed by atoms with Gasteiger partial charge in [0.05, 0.1) is 18.9 Å². The highest BCUT2D eigenvalue weighted by molar-refractivity contribution is 6.32. The van der Waals surface area contributed by atoms with Gasteiger partial charge in [-0.3, -0.25) is 4.79 Å². The van der Waals surface area contributed by atoms with Gasteiger partial charge in [-0.2, -0.15) is 0 Å². The van der Waals surface area contributed by atoms with Gasteiger partial charge in [0.25, 0.3) is 5.91 Å². The summed E-state index contributed by atoms with van der Waals surface area (Å²) in [6.07, 6.45) is 0. The highest BCUT2D eigenvalue weighted by Crippen LogP contribution is 2.15. The molecule has 0 aliphatic carbocycles. The van der Waals surface area contributed by atoms with E-state index in [1.807, 2.05) is 24.3 Å². The molecule has 1 aromatic carbocycles. The highest BCUT2D eigenvalue weighted by atomic mass is 16.5. The van der Waals surface area contributed by atoms with Gasteiger partial charge in [0, 0.05) is 18.7 Å². The molecule has 0 unspecified atom stereocenters. The van der Waals surface area contributed by atoms with Crippen LogP contribution < -0.4 is 5.46 Å². The van der Waals surface area contributed by atoms with Crippen molar-refractivity contribution in [2.45, 2.75) is 0 Å². The van der Waals surface area contributed by atoms with Crippen LogP contribution in [0.2, 0.25) is 0 Å². The zero-order valence-corrected chi connectivity index (χ0v) is 11.5. The van der Waals surface area contributed by atoms with Crippen molar-refractivity contribution in [3.8, 4) is 11.3 Å². The maximum absolute atomic E-state index is 12.2. The third kappa shape index (κ3) is 3.11. The Bertz CT molecular complexity index is 622. The van der Waals surface area contributed by atoms with E-state index in [1.165, 1.54) is 0 Å². The second-order valence-corrected chi connectivity index (χ2v) is 4.83. The first-order chi connectivity index (χ1) is 10.2. The van der Waals surface area contributed by atoms with Crippen LogP contribution in [-0.4, -0.2) is 55.2 Å². The van der Waals surface area contributed by atoms with E-state index in [2.05, 4.69) is 10.2 Å². The van der Waals surface area contributed by atoms with E-state index in [1.54, 1.807) is 17.0 Å². The van der Waals surface area contributed by atoms with Crippen LogP contribution in [0.1, 0.15) is 10.5 Å². The standard InChI is InChI=1S/C15H14BN3O2/c16-12-3-1-11(2-4-12)13-5-6-14(18-17-13)15(20)19-7-9-21-10-8-19/h1-6H,7-10H2. The minimum absolute atomic E-state index is 0.102. The fraction of sp³-hybridized carbons (Fsp3) is 0.267. The number of ether oxygens (including phenoxy) is 1. The molecule has 1 fully saturated rings. The molecule has 1 aromatic heterocycles. The van der Waals surface area contributed by atoms with Crippen molar-refractivity contribution in [3.05, 3.63) is 42.1 Å². The minimum Gasteiger partial charge on any atom is -0.378 e. The van der Waals surface area contributed by atoms with Gasteiger partial charge in [-0.15, -0.1) is 10.2 Å². The van der Waals surface area contributed by atoms with Gasteiger partial charge < -0.3 is 9.64 Å². The summed E-state index contributed by atoms with van der Waals surface area (Å²) in [5, 5.41) is 8.16. The molecule has 1 aliphatic heterocycles. The van der Waals surface area contributed by atoms with E-state index >= 15 is 0 Å². The summed E-state index contributed by atoms with van der Waals surface area (Å²) < 4.78 is 5.23. The summed E-state index contributed by atoms with van der Waals surface area (Å²) in [5.74, 6) is -0.102. The summed E-state index contributed by atoms with van der Waals surface area (Å²) in [5.41, 5.74) is 2.69. The summed E-state index contributed by atoms with van der Waals surface area (Å²) in [7, 11) is 5.65. The van der Waals surface area contributed by atoms with Crippen molar-refractivity contribution >= 4 is 19.2 Å². The van der Waals surface area contributed by atoms with Gasteiger partial charge >= 0.3 is 0 Å². The number of rotatable bonds is 2. The second kappa shape index (κ2) is 6.05. The highest BCUT2D eigenvalue weighted by Gasteiger charge is 2.19. The Morgan fingerprint density at radius 1 is 1.05 bits per heavy atom. The number of nitrogens with zero attached hydrogens (tertiary/aromatic N) is 3. The Hall–Kier alpha value is -2.21. The molecule has 0 N–H and O–H groups in total. The first-order valence-electron chi connectivity index (χ1n) is 6.81. The molecule has 6 heteroatoms. The molecule has 21 heavy (non-hydrogen) atoms. The first kappa shape index (κ1) is 13.8. The Kier molecular flexibility index (Phi) is 3.97. The quantitative estimate of drug-likeness (QED) is 0.747. The maximum atomic E-state index is 12.2. The molecule has 3 rings (SSSR count). The van der Waals surface area contributed by atoms with Gasteiger partial charge in [0.1, 0.15) is 7.85 Å². The number of hydrogen-bond donors (Lipinski definition) is 0. The lowest BCUT2D eigenvalue weighted by molar-refractivity contribution is 0.0298. The van der Waals surface area contributed by atoms with Gasteiger partial charge in [0.2, 0.25) is 0 Å². The average Bonchev–Trinajstić information content (AvgIpc) is 2.56. The van der Waals surface area contributed by atoms with Crippen molar-refractivity contribution in [1.29, 1.82) is 0 Å². The lowest BCUT2D eigenvalue weighted by Crippen LogP contribution is -2.41. The zero-order chi connectivity index (χ0) is 14.7. The van der Waals surface area contributed by atoms with Gasteiger partial charge in [-0.25, -0.2) is 0 Å². The van der Waals surface area contributed by atoms with Gasteiger partial charge in [-0.05, 0) is 12.1 Å². The summed E-state index contributed by atoms with van der Waals surface area (Å²) >= 11 is 0. The molecular weight excluding hydrogens is 265 g/mol. The number of amides is 1. The Balaban J connectivity index is 1.77. The van der Waals surface area contributed by atoms with Crippen LogP contribution in [0.15, 0.2) is 36.4 Å². The molecule has 0 spiro atoms. The number of morpholine rings is 1. The summed E-state index contributed by atoms with van der Waals surface area (Å²) in [4.78, 5) is 14.0. The monoisotopic (exact) mass is 279 g/mol. The first-order valence-corrected chi connectivity index (χ1v) is 6.81. The van der Waals surface area contributed by atoms with Crippen molar-refractivity contribution in [1.82, 2.24) is 15.1 Å². The van der Waals surface area contributed by atoms with Crippen LogP contribution in [0.3, 0.4) is 0 Å². The van der Waals surface area contributed by atoms with E-state index in [0.717, 1.165) is 5.56 Å². The zero-order valence-electron chi connectivity index (χ0n) is 11.5. The van der Waals surface area contributed by atoms with Crippen LogP contribution in [0, 0.1) is 0 Å². The largest absolute Gasteiger partial charge is 0.378 e. The van der Waals surface area contributed by atoms with E-state index in [4.69, 9.17) is 12.6 Å². The van der Waals surface area contributed by atoms with E-state index in [-0.39, 0.29) is 5.91 Å². The number of hydrogen-bond acceptors (Lipinski definition) is 4. The number of aromatic nitrogens is 2. The molecule has 1 amide bonds. The molecule has 1 saturated heterocycles. The lowest BCUT2D eigenvalue weighted by atomic mass is 9.95. The second-order valence-electron chi connectivity index (χ2n) is 4.83. The normalized spacial score (nSPS) is 15.0. The van der Waals surface area contributed by atoms with Crippen LogP contribution in [0.25, 0.3) is 11.3 Å². The molecule has 5 nitrogen and oxygen atoms in total. The summed E-state index contributed by atoms with van der Waals surface area (Å²) in [6, 6.07) is 10.9. The molecule has 104 valence electrons. The number of benzene rings is 1. The smallest absolute Gasteiger partial charge is 0.274 e. The van der Waals surface area contributed by atoms with Crippen LogP contribution in [-0.2, 0) is 4.74 Å². The Labute approximate surface area is 124 Å². The molecule has 0 saturated carbocycles. The van der Waals surface area contributed by atoms with Crippen LogP contribution in [0.5, 0.6) is 0 Å². The maximum Gasteiger partial charge on any atom is 0.274 e. The number of carbonyl (C=O) groups excluding carboxylic acids is 1. The van der Waals surface area contributed by atoms with E-state index in [9.17, 15) is 4.79 Å². The van der Waals surface area contributed by atoms with Crippen molar-refractivity contribution in [2.75, 3.05) is 26.3 Å². The molecular formula is C15H14BN3O2. The fourth-order valence-electron chi connectivity index (χ4n) is 2.18. The fourth-order valence-corrected chi connectivity index (χ4v) is 2.18. The summed E-state index contributed by atoms with van der Waals surface area (Å²) in [6.45, 7) is 2.34. The molecule has 2 aromatic rings. The van der Waals surface area contributed by atoms with Crippen molar-refractivity contribution < 1.29 is 9.53 Å². The predicted octanol–water partition coefficient (Wildman–Crippen LogP) is 0.410. The third-order valence-electron chi connectivity index (χ3n) is 3.39. The van der Waals surface area contributed by atoms with E-state index in [0.29, 0.717) is 43.2 Å². The van der Waals surface area contributed by atoms with Crippen LogP contribution >= 0.6 is 0 Å². The third-order valence-corrected chi connectivity index (χ3v) is 3.39. The molecule has 2 heterocycles. The average molecular weight is 279 g/mol. The Morgan fingerprint density at radius 2 is 1.76 bits per heavy atom. The number of carbonyl (C=O) groups is 1. The molecule has 1 aliphatic rings.